The molecular weight excluding hydrogens is 919 g/mol. The highest BCUT2D eigenvalue weighted by atomic mass is 16.3. The molecule has 6 aliphatic carbocycles. The number of anilines is 4. The molecule has 7 aromatic rings. The molecule has 4 aromatic carbocycles. The van der Waals surface area contributed by atoms with E-state index in [1.54, 1.807) is 24.4 Å². The van der Waals surface area contributed by atoms with Gasteiger partial charge in [-0.05, 0) is 204 Å². The van der Waals surface area contributed by atoms with E-state index in [1.807, 2.05) is 84.9 Å². The summed E-state index contributed by atoms with van der Waals surface area (Å²) in [7, 11) is 0. The van der Waals surface area contributed by atoms with Crippen LogP contribution in [0.5, 0.6) is 0 Å². The van der Waals surface area contributed by atoms with Crippen molar-refractivity contribution in [1.29, 1.82) is 0 Å². The fraction of sp³-hybridized carbons (Fsp3) is 0.397. The number of H-pyrrole nitrogens is 2. The van der Waals surface area contributed by atoms with Crippen LogP contribution < -0.4 is 21.3 Å². The normalized spacial score (nSPS) is 26.1. The monoisotopic (exact) mass is 981 g/mol. The maximum Gasteiger partial charge on any atom is 0.274 e. The molecule has 6 saturated carbocycles. The van der Waals surface area contributed by atoms with E-state index in [-0.39, 0.29) is 53.1 Å². The van der Waals surface area contributed by atoms with E-state index in [1.165, 1.54) is 19.3 Å². The molecule has 4 bridgehead atoms. The molecule has 4 amide bonds. The number of aromatic nitrogens is 5. The third-order valence-corrected chi connectivity index (χ3v) is 16.2. The fourth-order valence-electron chi connectivity index (χ4n) is 13.0. The van der Waals surface area contributed by atoms with Crippen LogP contribution in [0.3, 0.4) is 0 Å². The lowest BCUT2D eigenvalue weighted by molar-refractivity contribution is -0.149. The Balaban J connectivity index is 0.000000158. The summed E-state index contributed by atoms with van der Waals surface area (Å²) in [6.45, 7) is 2.39. The Morgan fingerprint density at radius 2 is 1.04 bits per heavy atom. The topological polar surface area (TPSA) is 227 Å². The van der Waals surface area contributed by atoms with Crippen LogP contribution in [0.1, 0.15) is 107 Å². The summed E-state index contributed by atoms with van der Waals surface area (Å²) in [5.41, 5.74) is 8.55. The number of nitrogens with zero attached hydrogens (tertiary/aromatic N) is 3. The number of imidazole rings is 2. The highest BCUT2D eigenvalue weighted by Gasteiger charge is 2.58. The van der Waals surface area contributed by atoms with Crippen molar-refractivity contribution >= 4 is 68.4 Å². The molecule has 0 saturated heterocycles. The molecule has 2 unspecified atom stereocenters. The third kappa shape index (κ3) is 10.7. The largest absolute Gasteiger partial charge is 0.393 e. The number of carbonyl (C=O) groups is 4. The zero-order chi connectivity index (χ0) is 50.3. The van der Waals surface area contributed by atoms with Crippen LogP contribution in [0, 0.1) is 34.5 Å². The van der Waals surface area contributed by atoms with Crippen molar-refractivity contribution in [2.45, 2.75) is 109 Å². The van der Waals surface area contributed by atoms with Gasteiger partial charge in [0.25, 0.3) is 5.91 Å². The average Bonchev–Trinajstić information content (AvgIpc) is 4.01. The molecule has 0 aliphatic heterocycles. The van der Waals surface area contributed by atoms with Crippen LogP contribution in [-0.4, -0.2) is 71.0 Å². The number of hydrogen-bond donors (Lipinski definition) is 8. The Morgan fingerprint density at radius 3 is 1.53 bits per heavy atom. The standard InChI is InChI=1S/C31H31N5O2.C27H32N4O4/c1-30-14-19-12-20(15-30)17-31(16-19,18-30)29(38)34-22-7-5-21(6-8-22)27-35-24-10-9-23(13-26(24)36-27)33-28(37)25-4-2-3-11-32-25;32-21-10-3-17(4-11-21)26(34)28-19-7-1-16(2-8-19)25-30-23-14-9-20(15-24(23)31-25)29-27(35)18-5-12-22(33)13-6-18/h2-11,13,19-20H,12,14-18H2,1H3,(H,33,37)(H,34,38)(H,35,36);1-2,7-9,14-15,17-18,21-22,32-33H,3-6,10-13H2,(H,28,34)(H,29,35)(H,30,31). The van der Waals surface area contributed by atoms with Gasteiger partial charge in [0.1, 0.15) is 17.3 Å². The molecule has 3 heterocycles. The van der Waals surface area contributed by atoms with Crippen molar-refractivity contribution in [3.8, 4) is 22.8 Å². The van der Waals surface area contributed by atoms with Gasteiger partial charge in [0.05, 0.1) is 39.7 Å². The van der Waals surface area contributed by atoms with Crippen molar-refractivity contribution in [3.05, 3.63) is 115 Å². The second-order valence-corrected chi connectivity index (χ2v) is 22.0. The van der Waals surface area contributed by atoms with Gasteiger partial charge in [0.15, 0.2) is 0 Å². The Bertz CT molecular complexity index is 3140. The van der Waals surface area contributed by atoms with Crippen LogP contribution in [0.2, 0.25) is 0 Å². The van der Waals surface area contributed by atoms with Gasteiger partial charge in [0.2, 0.25) is 17.7 Å². The van der Waals surface area contributed by atoms with E-state index >= 15 is 0 Å². The Labute approximate surface area is 423 Å². The summed E-state index contributed by atoms with van der Waals surface area (Å²) in [6.07, 6.45) is 13.6. The lowest BCUT2D eigenvalue weighted by atomic mass is 9.44. The molecule has 15 heteroatoms. The predicted octanol–water partition coefficient (Wildman–Crippen LogP) is 10.6. The lowest BCUT2D eigenvalue weighted by Gasteiger charge is -2.60. The zero-order valence-electron chi connectivity index (χ0n) is 41.1. The average molecular weight is 982 g/mol. The van der Waals surface area contributed by atoms with Crippen molar-refractivity contribution in [1.82, 2.24) is 24.9 Å². The SMILES string of the molecule is CC12CC3CC(C1)CC(C(=O)Nc1ccc(-c4nc5ccc(NC(=O)c6ccccn6)cc5[nH]4)cc1)(C3)C2.O=C(Nc1ccc(-c2nc3ccc(NC(=O)C4CCC(O)CC4)cc3[nH]2)cc1)C1CCC(O)CC1. The van der Waals surface area contributed by atoms with Gasteiger partial charge in [-0.2, -0.15) is 0 Å². The van der Waals surface area contributed by atoms with E-state index in [2.05, 4.69) is 48.1 Å². The number of rotatable bonds is 10. The first-order chi connectivity index (χ1) is 35.3. The number of nitrogens with one attached hydrogen (secondary N) is 6. The second kappa shape index (κ2) is 20.0. The fourth-order valence-corrected chi connectivity index (χ4v) is 13.0. The summed E-state index contributed by atoms with van der Waals surface area (Å²) < 4.78 is 0. The number of aliphatic hydroxyl groups is 2. The Kier molecular flexibility index (Phi) is 13.2. The van der Waals surface area contributed by atoms with E-state index in [9.17, 15) is 29.4 Å². The van der Waals surface area contributed by atoms with Crippen LogP contribution in [-0.2, 0) is 14.4 Å². The maximum absolute atomic E-state index is 13.5. The number of fused-ring (bicyclic) bond motifs is 2. The van der Waals surface area contributed by atoms with Gasteiger partial charge >= 0.3 is 0 Å². The first kappa shape index (κ1) is 48.1. The smallest absolute Gasteiger partial charge is 0.274 e. The molecule has 15 nitrogen and oxygen atoms in total. The molecule has 2 atom stereocenters. The van der Waals surface area contributed by atoms with Crippen molar-refractivity contribution in [2.75, 3.05) is 21.3 Å². The number of amides is 4. The van der Waals surface area contributed by atoms with Gasteiger partial charge in [-0.25, -0.2) is 9.97 Å². The van der Waals surface area contributed by atoms with Gasteiger partial charge < -0.3 is 41.4 Å². The first-order valence-corrected chi connectivity index (χ1v) is 26.0. The van der Waals surface area contributed by atoms with E-state index < -0.39 is 0 Å². The van der Waals surface area contributed by atoms with Crippen molar-refractivity contribution in [2.24, 2.45) is 34.5 Å². The van der Waals surface area contributed by atoms with Crippen LogP contribution in [0.4, 0.5) is 22.7 Å². The maximum atomic E-state index is 13.5. The van der Waals surface area contributed by atoms with E-state index in [4.69, 9.17) is 4.98 Å². The summed E-state index contributed by atoms with van der Waals surface area (Å²) in [5.74, 6) is 2.72. The molecule has 0 radical (unpaired) electrons. The zero-order valence-corrected chi connectivity index (χ0v) is 41.1. The van der Waals surface area contributed by atoms with Gasteiger partial charge in [-0.15, -0.1) is 0 Å². The number of aromatic amines is 2. The Morgan fingerprint density at radius 1 is 0.562 bits per heavy atom. The molecule has 376 valence electrons. The third-order valence-electron chi connectivity index (χ3n) is 16.2. The van der Waals surface area contributed by atoms with Crippen LogP contribution in [0.25, 0.3) is 44.8 Å². The van der Waals surface area contributed by atoms with Crippen molar-refractivity contribution < 1.29 is 29.4 Å². The van der Waals surface area contributed by atoms with Crippen LogP contribution in [0.15, 0.2) is 109 Å². The minimum atomic E-state index is -0.281. The molecule has 73 heavy (non-hydrogen) atoms. The second-order valence-electron chi connectivity index (χ2n) is 22.0. The summed E-state index contributed by atoms with van der Waals surface area (Å²) in [5, 5.41) is 31.4. The Hall–Kier alpha value is -7.23. The van der Waals surface area contributed by atoms with Crippen LogP contribution >= 0.6 is 0 Å². The van der Waals surface area contributed by atoms with Gasteiger partial charge in [0, 0.05) is 51.9 Å². The molecule has 0 spiro atoms. The molecular formula is C58H63N9O6. The summed E-state index contributed by atoms with van der Waals surface area (Å²) >= 11 is 0. The first-order valence-electron chi connectivity index (χ1n) is 26.0. The molecule has 6 aliphatic rings. The number of hydrogen-bond acceptors (Lipinski definition) is 9. The van der Waals surface area contributed by atoms with Crippen molar-refractivity contribution in [3.63, 3.8) is 0 Å². The number of benzene rings is 4. The number of carbonyl (C=O) groups excluding carboxylic acids is 4. The molecule has 13 rings (SSSR count). The summed E-state index contributed by atoms with van der Waals surface area (Å²) in [4.78, 5) is 71.2. The highest BCUT2D eigenvalue weighted by molar-refractivity contribution is 6.04. The molecule has 3 aromatic heterocycles. The van der Waals surface area contributed by atoms with Gasteiger partial charge in [-0.1, -0.05) is 13.0 Å². The molecule has 6 fully saturated rings. The molecule has 8 N–H and O–H groups in total. The quantitative estimate of drug-likeness (QED) is 0.0651. The summed E-state index contributed by atoms with van der Waals surface area (Å²) in [6, 6.07) is 31.9. The highest BCUT2D eigenvalue weighted by Crippen LogP contribution is 2.65. The minimum absolute atomic E-state index is 0.00182. The van der Waals surface area contributed by atoms with E-state index in [0.717, 1.165) is 88.2 Å². The number of pyridine rings is 1. The van der Waals surface area contributed by atoms with Gasteiger partial charge in [-0.3, -0.25) is 24.2 Å². The predicted molar refractivity (Wildman–Crippen MR) is 282 cm³/mol. The minimum Gasteiger partial charge on any atom is -0.393 e. The lowest BCUT2D eigenvalue weighted by Crippen LogP contribution is -2.55. The van der Waals surface area contributed by atoms with E-state index in [0.29, 0.717) is 73.0 Å². The number of aliphatic hydroxyl groups excluding tert-OH is 2.